The van der Waals surface area contributed by atoms with Gasteiger partial charge in [-0.3, -0.25) is 14.6 Å². The van der Waals surface area contributed by atoms with Crippen molar-refractivity contribution >= 4 is 40.8 Å². The lowest BCUT2D eigenvalue weighted by molar-refractivity contribution is 0.0512. The number of phenolic OH excluding ortho intramolecular Hbond substituents is 1. The molecule has 5 aromatic carbocycles. The summed E-state index contributed by atoms with van der Waals surface area (Å²) in [5.74, 6) is 1.54. The Kier molecular flexibility index (Phi) is 15.3. The number of rotatable bonds is 17. The number of hydrogen-bond acceptors (Lipinski definition) is 9. The molecule has 0 saturated heterocycles. The number of aromatic hydroxyl groups is 1. The van der Waals surface area contributed by atoms with E-state index in [1.54, 1.807) is 48.5 Å². The summed E-state index contributed by atoms with van der Waals surface area (Å²) in [4.78, 5) is 39.6. The molecule has 1 atom stereocenters. The molecule has 1 heterocycles. The minimum Gasteiger partial charge on any atom is -0.508 e. The maximum atomic E-state index is 13.0. The van der Waals surface area contributed by atoms with Crippen molar-refractivity contribution in [1.82, 2.24) is 10.6 Å². The van der Waals surface area contributed by atoms with Crippen LogP contribution in [-0.4, -0.2) is 74.1 Å². The van der Waals surface area contributed by atoms with E-state index in [2.05, 4.69) is 52.5 Å². The molecule has 0 saturated carbocycles. The zero-order valence-electron chi connectivity index (χ0n) is 32.6. The lowest BCUT2D eigenvalue weighted by Crippen LogP contribution is -2.27. The number of phenols is 1. The van der Waals surface area contributed by atoms with E-state index in [0.29, 0.717) is 86.9 Å². The Morgan fingerprint density at radius 3 is 1.98 bits per heavy atom. The first kappa shape index (κ1) is 41.0. The van der Waals surface area contributed by atoms with Gasteiger partial charge in [-0.2, -0.15) is 9.98 Å². The molecule has 0 spiro atoms. The number of carbonyl (C=O) groups excluding carboxylic acids is 2. The van der Waals surface area contributed by atoms with Crippen LogP contribution in [0.3, 0.4) is 0 Å². The number of benzene rings is 5. The van der Waals surface area contributed by atoms with Crippen LogP contribution in [0, 0.1) is 5.92 Å². The first-order valence-corrected chi connectivity index (χ1v) is 19.5. The van der Waals surface area contributed by atoms with E-state index in [4.69, 9.17) is 24.5 Å². The smallest absolute Gasteiger partial charge is 0.251 e. The van der Waals surface area contributed by atoms with E-state index in [-0.39, 0.29) is 23.5 Å². The molecule has 1 aliphatic heterocycles. The van der Waals surface area contributed by atoms with Crippen molar-refractivity contribution in [1.29, 1.82) is 0 Å². The lowest BCUT2D eigenvalue weighted by atomic mass is 10.00. The average molecular weight is 780 g/mol. The molecule has 12 nitrogen and oxygen atoms in total. The minimum atomic E-state index is -0.161. The Balaban J connectivity index is 1.00. The topological polar surface area (TPSA) is 158 Å². The zero-order valence-corrected chi connectivity index (χ0v) is 32.6. The number of hydrogen-bond donors (Lipinski definition) is 5. The maximum absolute atomic E-state index is 13.0. The second-order valence-corrected chi connectivity index (χ2v) is 13.5. The van der Waals surface area contributed by atoms with Crippen LogP contribution in [0.1, 0.15) is 46.0 Å². The molecule has 0 radical (unpaired) electrons. The second-order valence-electron chi connectivity index (χ2n) is 13.5. The summed E-state index contributed by atoms with van der Waals surface area (Å²) in [6.07, 6.45) is 1.33. The van der Waals surface area contributed by atoms with E-state index in [1.165, 1.54) is 0 Å². The molecule has 0 bridgehead atoms. The standard InChI is InChI=1S/C46H49N7O5/c1-2-34-31-42(47-25-27-57-29-30-58-28-26-48-44(55)37-11-7-4-8-12-37)52-46(51-40-21-23-41(54)24-22-40)53-43(34)50-39-19-17-38(18-20-39)45(56)49-32-33-13-15-36(16-14-33)35-9-5-3-6-10-35/h3-24,34,54H,2,25-32H2,1H3,(H,48,55)(H,49,56)(H2,47,50,51,52,53). The van der Waals surface area contributed by atoms with Crippen molar-refractivity contribution < 1.29 is 24.2 Å². The number of aliphatic imine (C=N–C) groups is 3. The number of amides is 2. The van der Waals surface area contributed by atoms with E-state index in [9.17, 15) is 14.7 Å². The summed E-state index contributed by atoms with van der Waals surface area (Å²) in [6.45, 7) is 4.89. The third-order valence-electron chi connectivity index (χ3n) is 9.30. The minimum absolute atomic E-state index is 0.0189. The normalized spacial score (nSPS) is 14.5. The van der Waals surface area contributed by atoms with Crippen molar-refractivity contribution in [2.24, 2.45) is 20.9 Å². The summed E-state index contributed by atoms with van der Waals surface area (Å²) in [5, 5.41) is 22.4. The first-order chi connectivity index (χ1) is 28.4. The molecular weight excluding hydrogens is 731 g/mol. The molecule has 0 fully saturated rings. The molecule has 298 valence electrons. The fourth-order valence-corrected chi connectivity index (χ4v) is 6.09. The fraction of sp³-hybridized carbons (Fsp3) is 0.239. The molecule has 58 heavy (non-hydrogen) atoms. The van der Waals surface area contributed by atoms with Crippen molar-refractivity contribution in [3.05, 3.63) is 150 Å². The van der Waals surface area contributed by atoms with Crippen LogP contribution in [0.2, 0.25) is 0 Å². The monoisotopic (exact) mass is 779 g/mol. The molecule has 2 amide bonds. The Hall–Kier alpha value is -6.63. The molecule has 5 N–H and O–H groups in total. The predicted molar refractivity (Wildman–Crippen MR) is 231 cm³/mol. The van der Waals surface area contributed by atoms with Gasteiger partial charge < -0.3 is 35.8 Å². The summed E-state index contributed by atoms with van der Waals surface area (Å²) < 4.78 is 11.3. The van der Waals surface area contributed by atoms with Gasteiger partial charge in [0.2, 0.25) is 5.96 Å². The van der Waals surface area contributed by atoms with Gasteiger partial charge in [0.05, 0.1) is 33.0 Å². The molecule has 5 aromatic rings. The molecule has 12 heteroatoms. The summed E-state index contributed by atoms with van der Waals surface area (Å²) in [5.41, 5.74) is 5.95. The maximum Gasteiger partial charge on any atom is 0.251 e. The van der Waals surface area contributed by atoms with E-state index in [0.717, 1.165) is 28.8 Å². The van der Waals surface area contributed by atoms with Gasteiger partial charge in [-0.1, -0.05) is 79.7 Å². The van der Waals surface area contributed by atoms with Gasteiger partial charge in [-0.05, 0) is 83.8 Å². The van der Waals surface area contributed by atoms with Gasteiger partial charge in [0.25, 0.3) is 11.8 Å². The van der Waals surface area contributed by atoms with Crippen molar-refractivity contribution in [2.45, 2.75) is 26.3 Å². The summed E-state index contributed by atoms with van der Waals surface area (Å²) >= 11 is 0. The second kappa shape index (κ2) is 21.6. The number of nitrogens with zero attached hydrogens (tertiary/aromatic N) is 3. The van der Waals surface area contributed by atoms with Gasteiger partial charge in [0.1, 0.15) is 17.4 Å². The number of amidine groups is 2. The van der Waals surface area contributed by atoms with Crippen molar-refractivity contribution in [2.75, 3.05) is 50.2 Å². The fourth-order valence-electron chi connectivity index (χ4n) is 6.09. The molecule has 6 rings (SSSR count). The van der Waals surface area contributed by atoms with E-state index < -0.39 is 0 Å². The van der Waals surface area contributed by atoms with Crippen LogP contribution in [0.4, 0.5) is 11.4 Å². The highest BCUT2D eigenvalue weighted by molar-refractivity contribution is 6.14. The van der Waals surface area contributed by atoms with Crippen LogP contribution >= 0.6 is 0 Å². The summed E-state index contributed by atoms with van der Waals surface area (Å²) in [7, 11) is 0. The van der Waals surface area contributed by atoms with Crippen molar-refractivity contribution in [3.8, 4) is 16.9 Å². The van der Waals surface area contributed by atoms with Crippen LogP contribution in [-0.2, 0) is 16.0 Å². The Labute approximate surface area is 339 Å². The number of nitrogens with one attached hydrogen (secondary N) is 4. The highest BCUT2D eigenvalue weighted by atomic mass is 16.5. The van der Waals surface area contributed by atoms with E-state index in [1.807, 2.05) is 60.7 Å². The number of anilines is 2. The SMILES string of the molecule is CCC1CC(=NCCOCCOCCNC(=O)c2ccccc2)N=C(Nc2ccc(O)cc2)N=C1Nc1ccc(C(=O)NCc2ccc(-c3ccccc3)cc2)cc1. The van der Waals surface area contributed by atoms with Gasteiger partial charge in [0, 0.05) is 47.9 Å². The number of carbonyl (C=O) groups is 2. The Morgan fingerprint density at radius 1 is 0.672 bits per heavy atom. The third kappa shape index (κ3) is 12.7. The Morgan fingerprint density at radius 2 is 1.28 bits per heavy atom. The van der Waals surface area contributed by atoms with Gasteiger partial charge in [-0.25, -0.2) is 0 Å². The zero-order chi connectivity index (χ0) is 40.4. The van der Waals surface area contributed by atoms with Gasteiger partial charge in [-0.15, -0.1) is 0 Å². The molecule has 0 aliphatic carbocycles. The molecule has 1 aliphatic rings. The van der Waals surface area contributed by atoms with Gasteiger partial charge in [0.15, 0.2) is 0 Å². The molecule has 1 unspecified atom stereocenters. The van der Waals surface area contributed by atoms with Crippen LogP contribution in [0.25, 0.3) is 11.1 Å². The predicted octanol–water partition coefficient (Wildman–Crippen LogP) is 7.56. The number of guanidine groups is 1. The highest BCUT2D eigenvalue weighted by Gasteiger charge is 2.22. The van der Waals surface area contributed by atoms with Crippen molar-refractivity contribution in [3.63, 3.8) is 0 Å². The van der Waals surface area contributed by atoms with Crippen LogP contribution in [0.5, 0.6) is 5.75 Å². The highest BCUT2D eigenvalue weighted by Crippen LogP contribution is 2.22. The third-order valence-corrected chi connectivity index (χ3v) is 9.30. The van der Waals surface area contributed by atoms with Crippen LogP contribution in [0.15, 0.2) is 148 Å². The van der Waals surface area contributed by atoms with E-state index >= 15 is 0 Å². The Bertz CT molecular complexity index is 2160. The number of ether oxygens (including phenoxy) is 2. The largest absolute Gasteiger partial charge is 0.508 e. The molecule has 0 aromatic heterocycles. The quantitative estimate of drug-likeness (QED) is 0.0482. The summed E-state index contributed by atoms with van der Waals surface area (Å²) in [6, 6.07) is 41.4. The molecular formula is C46H49N7O5. The van der Waals surface area contributed by atoms with Gasteiger partial charge >= 0.3 is 0 Å². The van der Waals surface area contributed by atoms with Crippen LogP contribution < -0.4 is 21.3 Å². The average Bonchev–Trinajstić information content (AvgIpc) is 3.43. The lowest BCUT2D eigenvalue weighted by Gasteiger charge is -2.18. The first-order valence-electron chi connectivity index (χ1n) is 19.5.